The second-order valence-corrected chi connectivity index (χ2v) is 8.42. The molecule has 0 aliphatic carbocycles. The first-order valence-corrected chi connectivity index (χ1v) is 9.83. The third kappa shape index (κ3) is 4.25. The number of oxazole rings is 1. The molecule has 0 bridgehead atoms. The van der Waals surface area contributed by atoms with Gasteiger partial charge in [0, 0.05) is 31.5 Å². The van der Waals surface area contributed by atoms with Crippen LogP contribution in [0.25, 0.3) is 11.3 Å². The minimum Gasteiger partial charge on any atom is -0.441 e. The maximum absolute atomic E-state index is 12.9. The van der Waals surface area contributed by atoms with Crippen molar-refractivity contribution in [2.75, 3.05) is 18.6 Å². The molecule has 2 aromatic rings. The van der Waals surface area contributed by atoms with Gasteiger partial charge in [-0.1, -0.05) is 0 Å². The minimum atomic E-state index is -3.02. The predicted molar refractivity (Wildman–Crippen MR) is 90.0 cm³/mol. The van der Waals surface area contributed by atoms with E-state index in [4.69, 9.17) is 4.42 Å². The van der Waals surface area contributed by atoms with Crippen molar-refractivity contribution in [1.29, 1.82) is 0 Å². The van der Waals surface area contributed by atoms with Crippen LogP contribution in [0.4, 0.5) is 4.39 Å². The molecule has 1 fully saturated rings. The number of rotatable bonds is 5. The number of sulfone groups is 1. The van der Waals surface area contributed by atoms with Crippen molar-refractivity contribution in [3.63, 3.8) is 0 Å². The normalized spacial score (nSPS) is 19.0. The molecule has 25 heavy (non-hydrogen) atoms. The van der Waals surface area contributed by atoms with Crippen LogP contribution in [0.2, 0.25) is 0 Å². The number of benzene rings is 1. The van der Waals surface area contributed by atoms with Crippen LogP contribution in [-0.4, -0.2) is 48.8 Å². The summed E-state index contributed by atoms with van der Waals surface area (Å²) in [7, 11) is -1.39. The predicted octanol–water partition coefficient (Wildman–Crippen LogP) is 2.06. The first-order valence-electron chi connectivity index (χ1n) is 8.01. The molecule has 6 nitrogen and oxygen atoms in total. The Balaban J connectivity index is 1.57. The van der Waals surface area contributed by atoms with E-state index in [1.165, 1.54) is 17.0 Å². The molecule has 134 valence electrons. The van der Waals surface area contributed by atoms with E-state index in [1.807, 2.05) is 0 Å². The van der Waals surface area contributed by atoms with Crippen LogP contribution in [-0.2, 0) is 21.1 Å². The highest BCUT2D eigenvalue weighted by molar-refractivity contribution is 7.91. The average molecular weight is 366 g/mol. The van der Waals surface area contributed by atoms with Crippen LogP contribution < -0.4 is 0 Å². The summed E-state index contributed by atoms with van der Waals surface area (Å²) in [6.07, 6.45) is 2.54. The lowest BCUT2D eigenvalue weighted by Crippen LogP contribution is -2.37. The highest BCUT2D eigenvalue weighted by atomic mass is 32.2. The summed E-state index contributed by atoms with van der Waals surface area (Å²) in [6, 6.07) is 5.62. The molecule has 1 unspecified atom stereocenters. The number of aryl methyl sites for hydroxylation is 1. The summed E-state index contributed by atoms with van der Waals surface area (Å²) < 4.78 is 41.6. The van der Waals surface area contributed by atoms with Gasteiger partial charge in [-0.25, -0.2) is 17.8 Å². The Hall–Kier alpha value is -2.22. The summed E-state index contributed by atoms with van der Waals surface area (Å²) >= 11 is 0. The van der Waals surface area contributed by atoms with Gasteiger partial charge in [-0.15, -0.1) is 0 Å². The van der Waals surface area contributed by atoms with E-state index in [-0.39, 0.29) is 35.7 Å². The molecule has 3 rings (SSSR count). The third-order valence-corrected chi connectivity index (χ3v) is 6.13. The van der Waals surface area contributed by atoms with Gasteiger partial charge in [-0.2, -0.15) is 0 Å². The van der Waals surface area contributed by atoms with Gasteiger partial charge < -0.3 is 9.32 Å². The van der Waals surface area contributed by atoms with E-state index >= 15 is 0 Å². The largest absolute Gasteiger partial charge is 0.441 e. The zero-order chi connectivity index (χ0) is 18.0. The monoisotopic (exact) mass is 366 g/mol. The quantitative estimate of drug-likeness (QED) is 0.809. The molecule has 1 saturated heterocycles. The Morgan fingerprint density at radius 3 is 2.72 bits per heavy atom. The lowest BCUT2D eigenvalue weighted by Gasteiger charge is -2.23. The van der Waals surface area contributed by atoms with Crippen molar-refractivity contribution < 1.29 is 22.0 Å². The van der Waals surface area contributed by atoms with E-state index in [0.29, 0.717) is 30.1 Å². The summed E-state index contributed by atoms with van der Waals surface area (Å²) in [6.45, 7) is 0. The summed E-state index contributed by atoms with van der Waals surface area (Å²) in [5.74, 6) is 0.631. The molecule has 1 aromatic carbocycles. The van der Waals surface area contributed by atoms with Crippen LogP contribution >= 0.6 is 0 Å². The second-order valence-electron chi connectivity index (χ2n) is 6.19. The highest BCUT2D eigenvalue weighted by Gasteiger charge is 2.32. The first-order chi connectivity index (χ1) is 11.8. The van der Waals surface area contributed by atoms with E-state index in [2.05, 4.69) is 4.98 Å². The van der Waals surface area contributed by atoms with E-state index in [1.54, 1.807) is 25.4 Å². The van der Waals surface area contributed by atoms with Crippen molar-refractivity contribution in [2.45, 2.75) is 25.3 Å². The molecule has 0 radical (unpaired) electrons. The van der Waals surface area contributed by atoms with Gasteiger partial charge in [0.1, 0.15) is 5.82 Å². The fourth-order valence-electron chi connectivity index (χ4n) is 2.85. The Kier molecular flexibility index (Phi) is 4.89. The average Bonchev–Trinajstić information content (AvgIpc) is 3.19. The summed E-state index contributed by atoms with van der Waals surface area (Å²) in [5, 5.41) is 0. The number of halogens is 1. The number of hydrogen-bond donors (Lipinski definition) is 0. The van der Waals surface area contributed by atoms with Crippen LogP contribution in [0.1, 0.15) is 18.7 Å². The van der Waals surface area contributed by atoms with Gasteiger partial charge in [0.15, 0.2) is 21.5 Å². The third-order valence-electron chi connectivity index (χ3n) is 4.38. The first kappa shape index (κ1) is 17.6. The van der Waals surface area contributed by atoms with E-state index < -0.39 is 9.84 Å². The molecule has 1 aromatic heterocycles. The zero-order valence-corrected chi connectivity index (χ0v) is 14.6. The molecule has 1 aliphatic heterocycles. The van der Waals surface area contributed by atoms with E-state index in [0.717, 1.165) is 0 Å². The molecule has 1 amide bonds. The molecule has 1 atom stereocenters. The molecular formula is C17H19FN2O4S. The summed E-state index contributed by atoms with van der Waals surface area (Å²) in [5.41, 5.74) is 0.708. The van der Waals surface area contributed by atoms with Gasteiger partial charge in [-0.05, 0) is 30.7 Å². The number of carbonyl (C=O) groups excluding carboxylic acids is 1. The zero-order valence-electron chi connectivity index (χ0n) is 13.8. The van der Waals surface area contributed by atoms with Crippen molar-refractivity contribution in [3.05, 3.63) is 42.2 Å². The van der Waals surface area contributed by atoms with Gasteiger partial charge in [-0.3, -0.25) is 4.79 Å². The fraction of sp³-hybridized carbons (Fsp3) is 0.412. The van der Waals surface area contributed by atoms with Crippen molar-refractivity contribution in [2.24, 2.45) is 0 Å². The smallest absolute Gasteiger partial charge is 0.223 e. The number of carbonyl (C=O) groups is 1. The van der Waals surface area contributed by atoms with Crippen LogP contribution in [0, 0.1) is 5.82 Å². The SMILES string of the molecule is CN(C(=O)CCc1ncc(-c2ccc(F)cc2)o1)C1CCS(=O)(=O)C1. The molecule has 0 N–H and O–H groups in total. The van der Waals surface area contributed by atoms with Crippen molar-refractivity contribution in [1.82, 2.24) is 9.88 Å². The Morgan fingerprint density at radius 2 is 2.08 bits per heavy atom. The van der Waals surface area contributed by atoms with E-state index in [9.17, 15) is 17.6 Å². The molecule has 2 heterocycles. The minimum absolute atomic E-state index is 0.0307. The number of hydrogen-bond acceptors (Lipinski definition) is 5. The lowest BCUT2D eigenvalue weighted by molar-refractivity contribution is -0.131. The molecular weight excluding hydrogens is 347 g/mol. The van der Waals surface area contributed by atoms with Crippen molar-refractivity contribution >= 4 is 15.7 Å². The Morgan fingerprint density at radius 1 is 1.36 bits per heavy atom. The molecule has 0 spiro atoms. The van der Waals surface area contributed by atoms with Gasteiger partial charge >= 0.3 is 0 Å². The van der Waals surface area contributed by atoms with Crippen LogP contribution in [0.3, 0.4) is 0 Å². The molecule has 8 heteroatoms. The number of nitrogens with zero attached hydrogens (tertiary/aromatic N) is 2. The maximum Gasteiger partial charge on any atom is 0.223 e. The highest BCUT2D eigenvalue weighted by Crippen LogP contribution is 2.22. The van der Waals surface area contributed by atoms with Crippen molar-refractivity contribution in [3.8, 4) is 11.3 Å². The second kappa shape index (κ2) is 6.95. The lowest BCUT2D eigenvalue weighted by atomic mass is 10.2. The number of aromatic nitrogens is 1. The fourth-order valence-corrected chi connectivity index (χ4v) is 4.62. The topological polar surface area (TPSA) is 80.5 Å². The standard InChI is InChI=1S/C17H19FN2O4S/c1-20(14-8-9-25(22,23)11-14)17(21)7-6-16-19-10-15(24-16)12-2-4-13(18)5-3-12/h2-5,10,14H,6-9,11H2,1H3. The van der Waals surface area contributed by atoms with Gasteiger partial charge in [0.05, 0.1) is 17.7 Å². The van der Waals surface area contributed by atoms with Gasteiger partial charge in [0.25, 0.3) is 0 Å². The Bertz CT molecular complexity index is 861. The van der Waals surface area contributed by atoms with Crippen LogP contribution in [0.5, 0.6) is 0 Å². The van der Waals surface area contributed by atoms with Crippen LogP contribution in [0.15, 0.2) is 34.9 Å². The maximum atomic E-state index is 12.9. The Labute approximate surface area is 145 Å². The summed E-state index contributed by atoms with van der Waals surface area (Å²) in [4.78, 5) is 17.9. The number of amides is 1. The molecule has 0 saturated carbocycles. The molecule has 1 aliphatic rings. The van der Waals surface area contributed by atoms with Gasteiger partial charge in [0.2, 0.25) is 5.91 Å².